The summed E-state index contributed by atoms with van der Waals surface area (Å²) in [6.45, 7) is 1.72. The van der Waals surface area contributed by atoms with Gasteiger partial charge in [-0.15, -0.1) is 11.8 Å². The summed E-state index contributed by atoms with van der Waals surface area (Å²) in [6, 6.07) is 8.79. The molecule has 42 heavy (non-hydrogen) atoms. The maximum absolute atomic E-state index is 14.2. The van der Waals surface area contributed by atoms with Gasteiger partial charge in [0, 0.05) is 55.4 Å². The molecule has 0 radical (unpaired) electrons. The molecule has 0 fully saturated rings. The molecule has 2 aromatic carbocycles. The maximum atomic E-state index is 14.2. The number of nitrogens with one attached hydrogen (secondary N) is 1. The lowest BCUT2D eigenvalue weighted by Gasteiger charge is -2.38. The molecule has 10 nitrogen and oxygen atoms in total. The number of halogens is 1. The molecule has 1 aliphatic heterocycles. The number of hydrogen-bond acceptors (Lipinski definition) is 10. The third-order valence-corrected chi connectivity index (χ3v) is 8.86. The predicted molar refractivity (Wildman–Crippen MR) is 157 cm³/mol. The lowest BCUT2D eigenvalue weighted by atomic mass is 9.69. The second kappa shape index (κ2) is 12.9. The quantitative estimate of drug-likeness (QED) is 0.269. The van der Waals surface area contributed by atoms with Crippen LogP contribution in [-0.4, -0.2) is 75.7 Å². The Kier molecular flexibility index (Phi) is 9.77. The SMILES string of the molecule is COc1cc(OC)c2c(c1Cl)O[C@]1(C2=O)C(O)=C(C(CC(=O)NCC(OC)OC)c2ccc(SC)cc2)C(=O)C[C@H]1C. The number of allylic oxidation sites excluding steroid dienone is 1. The van der Waals surface area contributed by atoms with Crippen LogP contribution in [0.1, 0.15) is 41.6 Å². The average Bonchev–Trinajstić information content (AvgIpc) is 3.31. The molecular weight excluding hydrogens is 586 g/mol. The molecule has 12 heteroatoms. The van der Waals surface area contributed by atoms with Crippen LogP contribution in [0.5, 0.6) is 17.2 Å². The number of amides is 1. The van der Waals surface area contributed by atoms with Crippen LogP contribution in [0.25, 0.3) is 0 Å². The molecule has 4 rings (SSSR count). The molecule has 0 saturated carbocycles. The number of rotatable bonds is 11. The highest BCUT2D eigenvalue weighted by atomic mass is 35.5. The van der Waals surface area contributed by atoms with E-state index in [4.69, 9.17) is 35.3 Å². The number of Topliss-reactive ketones (excluding diaryl/α,β-unsaturated/α-hetero) is 2. The zero-order valence-corrected chi connectivity index (χ0v) is 25.8. The monoisotopic (exact) mass is 619 g/mol. The van der Waals surface area contributed by atoms with Crippen LogP contribution in [-0.2, 0) is 19.1 Å². The van der Waals surface area contributed by atoms with E-state index in [0.29, 0.717) is 5.56 Å². The first kappa shape index (κ1) is 31.7. The summed E-state index contributed by atoms with van der Waals surface area (Å²) >= 11 is 8.09. The van der Waals surface area contributed by atoms with Crippen molar-refractivity contribution in [3.8, 4) is 17.2 Å². The molecule has 0 aromatic heterocycles. The van der Waals surface area contributed by atoms with Crippen molar-refractivity contribution in [2.75, 3.05) is 41.2 Å². The first-order valence-corrected chi connectivity index (χ1v) is 14.8. The minimum Gasteiger partial charge on any atom is -0.507 e. The number of hydrogen-bond donors (Lipinski definition) is 2. The molecule has 1 aliphatic carbocycles. The lowest BCUT2D eigenvalue weighted by Crippen LogP contribution is -2.53. The Hall–Kier alpha value is -3.25. The van der Waals surface area contributed by atoms with Crippen molar-refractivity contribution in [1.29, 1.82) is 0 Å². The minimum atomic E-state index is -1.96. The highest BCUT2D eigenvalue weighted by Gasteiger charge is 2.61. The average molecular weight is 620 g/mol. The molecule has 226 valence electrons. The molecule has 1 amide bonds. The standard InChI is InChI=1S/C30H34ClNO9S/c1-15-11-19(33)24(18(16-7-9-17(42-6)10-8-16)12-22(34)32-14-23(39-4)40-5)28(35)30(15)29(36)25-20(37-2)13-21(38-3)26(31)27(25)41-30/h7-10,13,15,18,23,35H,11-12,14H2,1-6H3,(H,32,34)/t15-,18?,30+/m1/s1. The molecule has 1 heterocycles. The zero-order chi connectivity index (χ0) is 30.8. The Morgan fingerprint density at radius 3 is 2.36 bits per heavy atom. The minimum absolute atomic E-state index is 0.00578. The van der Waals surface area contributed by atoms with Crippen LogP contribution in [0.4, 0.5) is 0 Å². The molecule has 0 bridgehead atoms. The largest absolute Gasteiger partial charge is 0.507 e. The fraction of sp³-hybridized carbons (Fsp3) is 0.433. The smallest absolute Gasteiger partial charge is 0.231 e. The van der Waals surface area contributed by atoms with Crippen molar-refractivity contribution in [3.63, 3.8) is 0 Å². The van der Waals surface area contributed by atoms with Gasteiger partial charge in [0.15, 0.2) is 23.6 Å². The summed E-state index contributed by atoms with van der Waals surface area (Å²) in [4.78, 5) is 42.0. The fourth-order valence-electron chi connectivity index (χ4n) is 5.48. The number of benzene rings is 2. The molecule has 1 unspecified atom stereocenters. The Balaban J connectivity index is 1.85. The summed E-state index contributed by atoms with van der Waals surface area (Å²) in [5.74, 6) is -3.26. The Morgan fingerprint density at radius 2 is 1.79 bits per heavy atom. The number of aliphatic hydroxyl groups excluding tert-OH is 1. The predicted octanol–water partition coefficient (Wildman–Crippen LogP) is 4.72. The number of fused-ring (bicyclic) bond motifs is 1. The topological polar surface area (TPSA) is 130 Å². The van der Waals surface area contributed by atoms with Gasteiger partial charge in [-0.25, -0.2) is 0 Å². The Labute approximate surface area is 253 Å². The van der Waals surface area contributed by atoms with Crippen molar-refractivity contribution in [1.82, 2.24) is 5.32 Å². The Morgan fingerprint density at radius 1 is 1.14 bits per heavy atom. The fourth-order valence-corrected chi connectivity index (χ4v) is 6.15. The number of aliphatic hydroxyl groups is 1. The van der Waals surface area contributed by atoms with E-state index < -0.39 is 47.0 Å². The van der Waals surface area contributed by atoms with E-state index in [2.05, 4.69) is 5.32 Å². The van der Waals surface area contributed by atoms with Crippen LogP contribution in [0.3, 0.4) is 0 Å². The highest BCUT2D eigenvalue weighted by Crippen LogP contribution is 2.55. The van der Waals surface area contributed by atoms with Gasteiger partial charge in [-0.1, -0.05) is 30.7 Å². The first-order chi connectivity index (χ1) is 20.1. The van der Waals surface area contributed by atoms with E-state index in [9.17, 15) is 19.5 Å². The van der Waals surface area contributed by atoms with E-state index in [1.807, 2.05) is 18.4 Å². The molecule has 1 spiro atoms. The number of methoxy groups -OCH3 is 4. The second-order valence-electron chi connectivity index (χ2n) is 9.99. The van der Waals surface area contributed by atoms with Crippen molar-refractivity contribution >= 4 is 40.8 Å². The van der Waals surface area contributed by atoms with E-state index in [1.54, 1.807) is 19.1 Å². The van der Waals surface area contributed by atoms with Gasteiger partial charge in [0.05, 0.1) is 20.8 Å². The van der Waals surface area contributed by atoms with Gasteiger partial charge in [-0.3, -0.25) is 14.4 Å². The van der Waals surface area contributed by atoms with Gasteiger partial charge in [0.1, 0.15) is 22.1 Å². The van der Waals surface area contributed by atoms with Crippen LogP contribution in [0, 0.1) is 5.92 Å². The second-order valence-corrected chi connectivity index (χ2v) is 11.2. The molecule has 0 saturated heterocycles. The third kappa shape index (κ3) is 5.46. The number of thioether (sulfide) groups is 1. The van der Waals surface area contributed by atoms with Crippen molar-refractivity contribution in [2.24, 2.45) is 5.92 Å². The van der Waals surface area contributed by atoms with Crippen LogP contribution in [0.2, 0.25) is 5.02 Å². The van der Waals surface area contributed by atoms with E-state index >= 15 is 0 Å². The summed E-state index contributed by atoms with van der Waals surface area (Å²) in [5, 5.41) is 14.7. The molecular formula is C30H34ClNO9S. The molecule has 2 aliphatic rings. The highest BCUT2D eigenvalue weighted by molar-refractivity contribution is 7.98. The van der Waals surface area contributed by atoms with Crippen molar-refractivity contribution in [2.45, 2.75) is 42.5 Å². The summed E-state index contributed by atoms with van der Waals surface area (Å²) < 4.78 is 27.4. The van der Waals surface area contributed by atoms with Gasteiger partial charge in [0.25, 0.3) is 0 Å². The maximum Gasteiger partial charge on any atom is 0.231 e. The van der Waals surface area contributed by atoms with Gasteiger partial charge in [0.2, 0.25) is 17.3 Å². The number of ether oxygens (including phenoxy) is 5. The van der Waals surface area contributed by atoms with Crippen LogP contribution in [0.15, 0.2) is 46.6 Å². The van der Waals surface area contributed by atoms with Gasteiger partial charge in [-0.05, 0) is 24.0 Å². The van der Waals surface area contributed by atoms with Gasteiger partial charge < -0.3 is 34.1 Å². The number of ketones is 2. The van der Waals surface area contributed by atoms with E-state index in [1.165, 1.54) is 46.3 Å². The van der Waals surface area contributed by atoms with Crippen LogP contribution >= 0.6 is 23.4 Å². The molecule has 2 N–H and O–H groups in total. The zero-order valence-electron chi connectivity index (χ0n) is 24.2. The first-order valence-electron chi connectivity index (χ1n) is 13.2. The summed E-state index contributed by atoms with van der Waals surface area (Å²) in [6.07, 6.45) is 0.947. The third-order valence-electron chi connectivity index (χ3n) is 7.76. The Bertz CT molecular complexity index is 1410. The normalized spacial score (nSPS) is 20.5. The van der Waals surface area contributed by atoms with Gasteiger partial charge >= 0.3 is 0 Å². The lowest BCUT2D eigenvalue weighted by molar-refractivity contribution is -0.127. The molecule has 3 atom stereocenters. The van der Waals surface area contributed by atoms with Crippen molar-refractivity contribution in [3.05, 3.63) is 57.8 Å². The molecule has 2 aromatic rings. The van der Waals surface area contributed by atoms with E-state index in [0.717, 1.165) is 4.90 Å². The summed E-state index contributed by atoms with van der Waals surface area (Å²) in [7, 11) is 5.71. The number of carbonyl (C=O) groups is 3. The van der Waals surface area contributed by atoms with Crippen LogP contribution < -0.4 is 19.5 Å². The number of carbonyl (C=O) groups excluding carboxylic acids is 3. The van der Waals surface area contributed by atoms with E-state index in [-0.39, 0.29) is 52.8 Å². The van der Waals surface area contributed by atoms with Crippen molar-refractivity contribution < 1.29 is 43.2 Å². The summed E-state index contributed by atoms with van der Waals surface area (Å²) in [5.41, 5.74) is -1.38. The van der Waals surface area contributed by atoms with Gasteiger partial charge in [-0.2, -0.15) is 0 Å².